The smallest absolute Gasteiger partial charge is 0.285 e. The van der Waals surface area contributed by atoms with E-state index in [0.717, 1.165) is 0 Å². The van der Waals surface area contributed by atoms with E-state index in [2.05, 4.69) is 9.71 Å². The first-order valence-electron chi connectivity index (χ1n) is 10.3. The summed E-state index contributed by atoms with van der Waals surface area (Å²) >= 11 is 5.93. The number of likely N-dealkylation sites (tertiary alicyclic amines) is 1. The third-order valence-electron chi connectivity index (χ3n) is 5.77. The van der Waals surface area contributed by atoms with E-state index in [9.17, 15) is 17.6 Å². The van der Waals surface area contributed by atoms with Crippen LogP contribution in [0.5, 0.6) is 0 Å². The topological polar surface area (TPSA) is 78.8 Å². The van der Waals surface area contributed by atoms with Crippen LogP contribution in [0.15, 0.2) is 58.5 Å². The Labute approximate surface area is 191 Å². The second kappa shape index (κ2) is 9.03. The molecule has 0 aliphatic carbocycles. The first kappa shape index (κ1) is 22.5. The molecule has 2 aromatic rings. The third-order valence-corrected chi connectivity index (χ3v) is 7.49. The number of carbonyl (C=O) groups excluding carboxylic acids is 1. The minimum Gasteiger partial charge on any atom is -0.356 e. The van der Waals surface area contributed by atoms with Crippen LogP contribution in [0.25, 0.3) is 4.91 Å². The Morgan fingerprint density at radius 3 is 2.53 bits per heavy atom. The molecule has 2 aromatic carbocycles. The Morgan fingerprint density at radius 1 is 1.19 bits per heavy atom. The predicted molar refractivity (Wildman–Crippen MR) is 123 cm³/mol. The number of benzene rings is 2. The summed E-state index contributed by atoms with van der Waals surface area (Å²) in [6, 6.07) is 12.8. The fraction of sp³-hybridized carbons (Fsp3) is 0.304. The van der Waals surface area contributed by atoms with E-state index in [4.69, 9.17) is 11.6 Å². The van der Waals surface area contributed by atoms with Gasteiger partial charge in [-0.15, -0.1) is 4.40 Å². The Balaban J connectivity index is 1.40. The lowest BCUT2D eigenvalue weighted by Crippen LogP contribution is -2.43. The van der Waals surface area contributed by atoms with Crippen LogP contribution < -0.4 is 5.32 Å². The van der Waals surface area contributed by atoms with Crippen LogP contribution >= 0.6 is 11.6 Å². The molecule has 2 aliphatic rings. The van der Waals surface area contributed by atoms with Crippen LogP contribution in [0, 0.1) is 11.7 Å². The molecule has 32 heavy (non-hydrogen) atoms. The largest absolute Gasteiger partial charge is 0.356 e. The first-order valence-corrected chi connectivity index (χ1v) is 12.2. The zero-order valence-electron chi connectivity index (χ0n) is 17.5. The molecule has 2 heterocycles. The van der Waals surface area contributed by atoms with Gasteiger partial charge in [0, 0.05) is 36.1 Å². The zero-order chi connectivity index (χ0) is 22.9. The molecule has 9 heteroatoms. The number of amides is 1. The molecule has 2 aliphatic heterocycles. The molecule has 6 nitrogen and oxygen atoms in total. The molecule has 0 saturated carbocycles. The molecule has 0 atom stereocenters. The standard InChI is InChI=1S/C23H23ClFN3O3S/c1-15-21(17-5-7-19(24)8-6-17)32(30,31)27-22(15)28-11-9-18(10-12-28)23(29)26-14-16-3-2-4-20(25)13-16/h2-8,13,18H,9-12,14H2,1H3,(H,26,29). The monoisotopic (exact) mass is 475 g/mol. The van der Waals surface area contributed by atoms with Crippen LogP contribution in [0.4, 0.5) is 4.39 Å². The Kier molecular flexibility index (Phi) is 6.35. The molecule has 0 spiro atoms. The Hall–Kier alpha value is -2.71. The van der Waals surface area contributed by atoms with Crippen LogP contribution in [0.2, 0.25) is 5.02 Å². The van der Waals surface area contributed by atoms with Gasteiger partial charge in [0.25, 0.3) is 10.0 Å². The molecule has 1 fully saturated rings. The normalized spacial score (nSPS) is 18.6. The molecular formula is C23H23ClFN3O3S. The summed E-state index contributed by atoms with van der Waals surface area (Å²) < 4.78 is 42.8. The molecule has 0 unspecified atom stereocenters. The predicted octanol–water partition coefficient (Wildman–Crippen LogP) is 3.98. The van der Waals surface area contributed by atoms with Crippen molar-refractivity contribution in [3.63, 3.8) is 0 Å². The highest BCUT2D eigenvalue weighted by molar-refractivity contribution is 8.00. The average Bonchev–Trinajstić information content (AvgIpc) is 3.01. The van der Waals surface area contributed by atoms with Crippen molar-refractivity contribution in [1.82, 2.24) is 10.2 Å². The van der Waals surface area contributed by atoms with Gasteiger partial charge in [0.05, 0.1) is 0 Å². The van der Waals surface area contributed by atoms with Gasteiger partial charge in [0.15, 0.2) is 0 Å². The summed E-state index contributed by atoms with van der Waals surface area (Å²) in [6.45, 7) is 3.08. The van der Waals surface area contributed by atoms with E-state index in [-0.39, 0.29) is 29.1 Å². The summed E-state index contributed by atoms with van der Waals surface area (Å²) in [7, 11) is -3.80. The van der Waals surface area contributed by atoms with Gasteiger partial charge in [-0.3, -0.25) is 4.79 Å². The van der Waals surface area contributed by atoms with Gasteiger partial charge in [0.2, 0.25) is 5.91 Å². The van der Waals surface area contributed by atoms with Crippen molar-refractivity contribution in [3.05, 3.63) is 76.1 Å². The van der Waals surface area contributed by atoms with Gasteiger partial charge in [-0.25, -0.2) is 4.39 Å². The highest BCUT2D eigenvalue weighted by Gasteiger charge is 2.35. The number of hydrogen-bond acceptors (Lipinski definition) is 4. The lowest BCUT2D eigenvalue weighted by atomic mass is 9.95. The van der Waals surface area contributed by atoms with Crippen LogP contribution in [-0.2, 0) is 21.4 Å². The number of carbonyl (C=O) groups is 1. The number of rotatable bonds is 4. The van der Waals surface area contributed by atoms with Gasteiger partial charge < -0.3 is 10.2 Å². The van der Waals surface area contributed by atoms with Crippen molar-refractivity contribution >= 4 is 38.3 Å². The third kappa shape index (κ3) is 4.71. The Bertz CT molecular complexity index is 1200. The van der Waals surface area contributed by atoms with Crippen molar-refractivity contribution in [2.45, 2.75) is 26.3 Å². The van der Waals surface area contributed by atoms with Crippen molar-refractivity contribution in [1.29, 1.82) is 0 Å². The Morgan fingerprint density at radius 2 is 1.88 bits per heavy atom. The molecule has 1 amide bonds. The lowest BCUT2D eigenvalue weighted by Gasteiger charge is -2.32. The summed E-state index contributed by atoms with van der Waals surface area (Å²) in [5.41, 5.74) is 1.86. The van der Waals surface area contributed by atoms with E-state index >= 15 is 0 Å². The molecule has 0 radical (unpaired) electrons. The SMILES string of the molecule is CC1=C(c2ccc(Cl)cc2)S(=O)(=O)N=C1N1CCC(C(=O)NCc2cccc(F)c2)CC1. The second-order valence-electron chi connectivity index (χ2n) is 7.96. The van der Waals surface area contributed by atoms with E-state index in [1.807, 2.05) is 4.90 Å². The van der Waals surface area contributed by atoms with E-state index in [1.165, 1.54) is 12.1 Å². The molecule has 1 N–H and O–H groups in total. The maximum absolute atomic E-state index is 13.3. The van der Waals surface area contributed by atoms with Crippen molar-refractivity contribution in [2.24, 2.45) is 10.3 Å². The van der Waals surface area contributed by atoms with Gasteiger partial charge in [-0.2, -0.15) is 8.42 Å². The zero-order valence-corrected chi connectivity index (χ0v) is 19.1. The molecule has 0 bridgehead atoms. The average molecular weight is 476 g/mol. The number of halogens is 2. The van der Waals surface area contributed by atoms with Gasteiger partial charge >= 0.3 is 0 Å². The summed E-state index contributed by atoms with van der Waals surface area (Å²) in [5, 5.41) is 3.39. The summed E-state index contributed by atoms with van der Waals surface area (Å²) in [5.74, 6) is -0.158. The van der Waals surface area contributed by atoms with Gasteiger partial charge in [0.1, 0.15) is 16.6 Å². The number of nitrogens with zero attached hydrogens (tertiary/aromatic N) is 2. The molecule has 1 saturated heterocycles. The summed E-state index contributed by atoms with van der Waals surface area (Å²) in [6.07, 6.45) is 1.16. The molecule has 4 rings (SSSR count). The van der Waals surface area contributed by atoms with Crippen molar-refractivity contribution < 1.29 is 17.6 Å². The number of hydrogen-bond donors (Lipinski definition) is 1. The lowest BCUT2D eigenvalue weighted by molar-refractivity contribution is -0.126. The number of amidine groups is 1. The highest BCUT2D eigenvalue weighted by Crippen LogP contribution is 2.35. The highest BCUT2D eigenvalue weighted by atomic mass is 35.5. The van der Waals surface area contributed by atoms with Crippen LogP contribution in [-0.4, -0.2) is 38.2 Å². The molecular weight excluding hydrogens is 453 g/mol. The quantitative estimate of drug-likeness (QED) is 0.725. The van der Waals surface area contributed by atoms with E-state index in [0.29, 0.717) is 53.5 Å². The van der Waals surface area contributed by atoms with Crippen LogP contribution in [0.3, 0.4) is 0 Å². The maximum atomic E-state index is 13.3. The van der Waals surface area contributed by atoms with Crippen LogP contribution in [0.1, 0.15) is 30.9 Å². The minimum absolute atomic E-state index is 0.0796. The van der Waals surface area contributed by atoms with E-state index < -0.39 is 10.0 Å². The number of sulfonamides is 1. The van der Waals surface area contributed by atoms with Gasteiger partial charge in [-0.1, -0.05) is 35.9 Å². The fourth-order valence-corrected chi connectivity index (χ4v) is 5.73. The molecule has 168 valence electrons. The second-order valence-corrected chi connectivity index (χ2v) is 9.94. The number of nitrogens with one attached hydrogen (secondary N) is 1. The van der Waals surface area contributed by atoms with E-state index in [1.54, 1.807) is 43.3 Å². The van der Waals surface area contributed by atoms with Crippen molar-refractivity contribution in [3.8, 4) is 0 Å². The summed E-state index contributed by atoms with van der Waals surface area (Å²) in [4.78, 5) is 14.7. The fourth-order valence-electron chi connectivity index (χ4n) is 4.12. The molecule has 0 aromatic heterocycles. The number of piperidine rings is 1. The van der Waals surface area contributed by atoms with Crippen molar-refractivity contribution in [2.75, 3.05) is 13.1 Å². The maximum Gasteiger partial charge on any atom is 0.285 e. The first-order chi connectivity index (χ1) is 15.2. The van der Waals surface area contributed by atoms with Gasteiger partial charge in [-0.05, 0) is 55.2 Å². The minimum atomic E-state index is -3.80.